The summed E-state index contributed by atoms with van der Waals surface area (Å²) < 4.78 is 15.9. The molecule has 2 aromatic carbocycles. The van der Waals surface area contributed by atoms with E-state index in [1.807, 2.05) is 12.1 Å². The van der Waals surface area contributed by atoms with Gasteiger partial charge in [0.15, 0.2) is 0 Å². The Bertz CT molecular complexity index is 1050. The van der Waals surface area contributed by atoms with Gasteiger partial charge in [-0.15, -0.1) is 0 Å². The van der Waals surface area contributed by atoms with Gasteiger partial charge in [0.25, 0.3) is 5.91 Å². The van der Waals surface area contributed by atoms with Crippen molar-refractivity contribution in [1.29, 1.82) is 0 Å². The predicted molar refractivity (Wildman–Crippen MR) is 121 cm³/mol. The van der Waals surface area contributed by atoms with Crippen molar-refractivity contribution in [2.45, 2.75) is 31.3 Å². The molecule has 174 valence electrons. The number of urea groups is 1. The van der Waals surface area contributed by atoms with E-state index in [4.69, 9.17) is 14.2 Å². The molecule has 2 aromatic rings. The number of methoxy groups -OCH3 is 3. The number of carbonyl (C=O) groups is 3. The lowest BCUT2D eigenvalue weighted by molar-refractivity contribution is -0.134. The highest BCUT2D eigenvalue weighted by molar-refractivity contribution is 6.22. The highest BCUT2D eigenvalue weighted by atomic mass is 16.5. The summed E-state index contributed by atoms with van der Waals surface area (Å²) in [6, 6.07) is 10.5. The monoisotopic (exact) mass is 453 g/mol. The zero-order valence-electron chi connectivity index (χ0n) is 18.9. The molecule has 0 aromatic heterocycles. The minimum Gasteiger partial charge on any atom is -0.497 e. The van der Waals surface area contributed by atoms with Crippen molar-refractivity contribution in [2.24, 2.45) is 0 Å². The molecule has 4 amide bonds. The summed E-state index contributed by atoms with van der Waals surface area (Å²) in [7, 11) is 4.71. The van der Waals surface area contributed by atoms with Crippen LogP contribution in [-0.4, -0.2) is 56.7 Å². The molecule has 0 spiro atoms. The summed E-state index contributed by atoms with van der Waals surface area (Å²) in [5.41, 5.74) is 1.32. The maximum Gasteiger partial charge on any atom is 0.329 e. The minimum atomic E-state index is -0.911. The Morgan fingerprint density at radius 1 is 1.00 bits per heavy atom. The number of hydrogen-bond acceptors (Lipinski definition) is 6. The second kappa shape index (κ2) is 9.40. The summed E-state index contributed by atoms with van der Waals surface area (Å²) in [5.74, 6) is 1.30. The molecule has 0 unspecified atom stereocenters. The third-order valence-electron chi connectivity index (χ3n) is 6.10. The average molecular weight is 453 g/mol. The fraction of sp³-hybridized carbons (Fsp3) is 0.375. The van der Waals surface area contributed by atoms with E-state index >= 15 is 0 Å². The molecule has 9 nitrogen and oxygen atoms in total. The topological polar surface area (TPSA) is 97.4 Å². The average Bonchev–Trinajstić information content (AvgIpc) is 3.43. The molecule has 2 aliphatic heterocycles. The number of nitrogens with zero attached hydrogens (tertiary/aromatic N) is 2. The zero-order valence-corrected chi connectivity index (χ0v) is 18.9. The fourth-order valence-electron chi connectivity index (χ4n) is 4.42. The molecule has 2 atom stereocenters. The van der Waals surface area contributed by atoms with E-state index in [1.165, 1.54) is 7.11 Å². The van der Waals surface area contributed by atoms with Gasteiger partial charge in [-0.2, -0.15) is 0 Å². The predicted octanol–water partition coefficient (Wildman–Crippen LogP) is 2.89. The molecule has 33 heavy (non-hydrogen) atoms. The minimum absolute atomic E-state index is 0.105. The van der Waals surface area contributed by atoms with Gasteiger partial charge >= 0.3 is 6.03 Å². The van der Waals surface area contributed by atoms with Gasteiger partial charge in [-0.3, -0.25) is 9.59 Å². The van der Waals surface area contributed by atoms with Crippen LogP contribution < -0.4 is 24.4 Å². The SMILES string of the molecule is COc1ccc(N2C(=O)N[C@H](CC(=O)N3CCC[C@@H]3c3ccc(OC)cc3OC)C2=O)cc1. The summed E-state index contributed by atoms with van der Waals surface area (Å²) in [4.78, 5) is 41.5. The van der Waals surface area contributed by atoms with Gasteiger partial charge in [0.2, 0.25) is 5.91 Å². The number of imide groups is 1. The molecule has 0 saturated carbocycles. The van der Waals surface area contributed by atoms with Gasteiger partial charge in [0.1, 0.15) is 23.3 Å². The van der Waals surface area contributed by atoms with E-state index in [0.29, 0.717) is 29.5 Å². The van der Waals surface area contributed by atoms with Crippen molar-refractivity contribution < 1.29 is 28.6 Å². The Labute approximate surface area is 192 Å². The molecule has 2 saturated heterocycles. The van der Waals surface area contributed by atoms with Crippen molar-refractivity contribution in [3.05, 3.63) is 48.0 Å². The number of amides is 4. The molecular formula is C24H27N3O6. The molecule has 2 aliphatic rings. The van der Waals surface area contributed by atoms with Crippen LogP contribution in [0.25, 0.3) is 0 Å². The van der Waals surface area contributed by atoms with E-state index in [2.05, 4.69) is 5.32 Å². The Hall–Kier alpha value is -3.75. The molecule has 0 radical (unpaired) electrons. The Balaban J connectivity index is 1.48. The van der Waals surface area contributed by atoms with E-state index < -0.39 is 18.0 Å². The van der Waals surface area contributed by atoms with Crippen molar-refractivity contribution in [2.75, 3.05) is 32.8 Å². The van der Waals surface area contributed by atoms with Crippen LogP contribution in [0.5, 0.6) is 17.2 Å². The van der Waals surface area contributed by atoms with E-state index in [1.54, 1.807) is 49.5 Å². The smallest absolute Gasteiger partial charge is 0.329 e. The van der Waals surface area contributed by atoms with Crippen LogP contribution >= 0.6 is 0 Å². The standard InChI is InChI=1S/C24H27N3O6/c1-31-16-8-6-15(7-9-16)27-23(29)19(25-24(27)30)14-22(28)26-12-4-5-20(26)18-11-10-17(32-2)13-21(18)33-3/h6-11,13,19-20H,4-5,12,14H2,1-3H3,(H,25,30)/t19-,20-/m1/s1. The van der Waals surface area contributed by atoms with Gasteiger partial charge < -0.3 is 24.4 Å². The van der Waals surface area contributed by atoms with Gasteiger partial charge in [-0.1, -0.05) is 0 Å². The van der Waals surface area contributed by atoms with Gasteiger partial charge in [0.05, 0.1) is 39.5 Å². The Morgan fingerprint density at radius 2 is 1.70 bits per heavy atom. The Morgan fingerprint density at radius 3 is 2.36 bits per heavy atom. The Kier molecular flexibility index (Phi) is 6.39. The van der Waals surface area contributed by atoms with Gasteiger partial charge in [0, 0.05) is 18.2 Å². The zero-order chi connectivity index (χ0) is 23.5. The molecule has 4 rings (SSSR count). The van der Waals surface area contributed by atoms with Gasteiger partial charge in [-0.05, 0) is 49.2 Å². The van der Waals surface area contributed by atoms with Crippen LogP contribution in [0, 0.1) is 0 Å². The van der Waals surface area contributed by atoms with Crippen LogP contribution in [0.4, 0.5) is 10.5 Å². The highest BCUT2D eigenvalue weighted by Crippen LogP contribution is 2.39. The largest absolute Gasteiger partial charge is 0.497 e. The molecule has 2 fully saturated rings. The second-order valence-electron chi connectivity index (χ2n) is 7.93. The number of likely N-dealkylation sites (tertiary alicyclic amines) is 1. The van der Waals surface area contributed by atoms with E-state index in [9.17, 15) is 14.4 Å². The third kappa shape index (κ3) is 4.30. The molecule has 1 N–H and O–H groups in total. The van der Waals surface area contributed by atoms with Crippen molar-refractivity contribution in [1.82, 2.24) is 10.2 Å². The summed E-state index contributed by atoms with van der Waals surface area (Å²) in [6.45, 7) is 0.579. The first-order valence-corrected chi connectivity index (χ1v) is 10.8. The van der Waals surface area contributed by atoms with Crippen LogP contribution in [-0.2, 0) is 9.59 Å². The molecule has 0 bridgehead atoms. The third-order valence-corrected chi connectivity index (χ3v) is 6.10. The maximum atomic E-state index is 13.2. The normalized spacial score (nSPS) is 20.1. The molecule has 0 aliphatic carbocycles. The maximum absolute atomic E-state index is 13.2. The molecule has 2 heterocycles. The molecular weight excluding hydrogens is 426 g/mol. The summed E-state index contributed by atoms with van der Waals surface area (Å²) in [5, 5.41) is 2.64. The lowest BCUT2D eigenvalue weighted by atomic mass is 10.0. The van der Waals surface area contributed by atoms with Crippen LogP contribution in [0.1, 0.15) is 30.9 Å². The van der Waals surface area contributed by atoms with Crippen molar-refractivity contribution in [3.8, 4) is 17.2 Å². The number of hydrogen-bond donors (Lipinski definition) is 1. The van der Waals surface area contributed by atoms with E-state index in [-0.39, 0.29) is 18.4 Å². The first-order chi connectivity index (χ1) is 16.0. The van der Waals surface area contributed by atoms with E-state index in [0.717, 1.165) is 23.3 Å². The molecule has 9 heteroatoms. The number of carbonyl (C=O) groups excluding carboxylic acids is 3. The number of nitrogens with one attached hydrogen (secondary N) is 1. The highest BCUT2D eigenvalue weighted by Gasteiger charge is 2.42. The van der Waals surface area contributed by atoms with Crippen LogP contribution in [0.2, 0.25) is 0 Å². The first kappa shape index (κ1) is 22.4. The fourth-order valence-corrected chi connectivity index (χ4v) is 4.42. The van der Waals surface area contributed by atoms with Crippen LogP contribution in [0.3, 0.4) is 0 Å². The number of benzene rings is 2. The lowest BCUT2D eigenvalue weighted by Crippen LogP contribution is -2.39. The number of anilines is 1. The first-order valence-electron chi connectivity index (χ1n) is 10.8. The quantitative estimate of drug-likeness (QED) is 0.648. The van der Waals surface area contributed by atoms with Crippen molar-refractivity contribution in [3.63, 3.8) is 0 Å². The van der Waals surface area contributed by atoms with Crippen molar-refractivity contribution >= 4 is 23.5 Å². The lowest BCUT2D eigenvalue weighted by Gasteiger charge is -2.27. The second-order valence-corrected chi connectivity index (χ2v) is 7.93. The van der Waals surface area contributed by atoms with Crippen LogP contribution in [0.15, 0.2) is 42.5 Å². The summed E-state index contributed by atoms with van der Waals surface area (Å²) in [6.07, 6.45) is 1.53. The number of ether oxygens (including phenoxy) is 3. The van der Waals surface area contributed by atoms with Gasteiger partial charge in [-0.25, -0.2) is 9.69 Å². The number of rotatable bonds is 7. The summed E-state index contributed by atoms with van der Waals surface area (Å²) >= 11 is 0.